The molecule has 3 aromatic rings. The number of benzene rings is 2. The third-order valence-electron chi connectivity index (χ3n) is 6.50. The van der Waals surface area contributed by atoms with Gasteiger partial charge < -0.3 is 14.6 Å². The van der Waals surface area contributed by atoms with E-state index in [1.165, 1.54) is 5.56 Å². The molecule has 1 N–H and O–H groups in total. The molecule has 1 amide bonds. The Morgan fingerprint density at radius 1 is 1.15 bits per heavy atom. The lowest BCUT2D eigenvalue weighted by atomic mass is 9.87. The topological polar surface area (TPSA) is 67.0 Å². The summed E-state index contributed by atoms with van der Waals surface area (Å²) < 4.78 is 8.12. The van der Waals surface area contributed by atoms with Crippen molar-refractivity contribution in [3.8, 4) is 11.8 Å². The number of ether oxygens (including phenoxy) is 1. The van der Waals surface area contributed by atoms with E-state index >= 15 is 0 Å². The Morgan fingerprint density at radius 3 is 2.53 bits per heavy atom. The average molecular weight is 456 g/mol. The molecule has 0 atom stereocenters. The van der Waals surface area contributed by atoms with E-state index in [0.29, 0.717) is 13.2 Å². The van der Waals surface area contributed by atoms with Gasteiger partial charge in [-0.05, 0) is 48.1 Å². The number of nitrogens with one attached hydrogen (secondary N) is 1. The van der Waals surface area contributed by atoms with Crippen molar-refractivity contribution >= 4 is 22.9 Å². The molecule has 1 aliphatic carbocycles. The average Bonchev–Trinajstić information content (AvgIpc) is 3.45. The van der Waals surface area contributed by atoms with Gasteiger partial charge in [-0.1, -0.05) is 63.9 Å². The van der Waals surface area contributed by atoms with Gasteiger partial charge in [0.1, 0.15) is 24.0 Å². The Hall–Kier alpha value is -3.52. The molecule has 5 heteroatoms. The number of nitriles is 1. The maximum absolute atomic E-state index is 12.7. The van der Waals surface area contributed by atoms with Crippen molar-refractivity contribution in [3.05, 3.63) is 71.4 Å². The molecule has 34 heavy (non-hydrogen) atoms. The van der Waals surface area contributed by atoms with Crippen molar-refractivity contribution < 1.29 is 9.53 Å². The van der Waals surface area contributed by atoms with E-state index in [-0.39, 0.29) is 22.9 Å². The van der Waals surface area contributed by atoms with Gasteiger partial charge in [0.05, 0.1) is 6.54 Å². The summed E-state index contributed by atoms with van der Waals surface area (Å²) in [6.07, 6.45) is 7.94. The summed E-state index contributed by atoms with van der Waals surface area (Å²) in [4.78, 5) is 12.7. The van der Waals surface area contributed by atoms with Crippen molar-refractivity contribution in [1.29, 1.82) is 5.26 Å². The van der Waals surface area contributed by atoms with Gasteiger partial charge in [-0.25, -0.2) is 0 Å². The van der Waals surface area contributed by atoms with Crippen LogP contribution in [-0.2, 0) is 16.8 Å². The first-order valence-electron chi connectivity index (χ1n) is 12.1. The van der Waals surface area contributed by atoms with Crippen LogP contribution >= 0.6 is 0 Å². The lowest BCUT2D eigenvalue weighted by Gasteiger charge is -2.19. The predicted molar refractivity (Wildman–Crippen MR) is 137 cm³/mol. The minimum absolute atomic E-state index is 0.114. The molecule has 5 nitrogen and oxygen atoms in total. The molecule has 1 aromatic heterocycles. The Bertz CT molecular complexity index is 1220. The minimum Gasteiger partial charge on any atom is -0.492 e. The second-order valence-electron chi connectivity index (χ2n) is 10.0. The first kappa shape index (κ1) is 23.6. The third-order valence-corrected chi connectivity index (χ3v) is 6.50. The Balaban J connectivity index is 1.48. The van der Waals surface area contributed by atoms with Crippen LogP contribution in [0.15, 0.2) is 60.3 Å². The van der Waals surface area contributed by atoms with E-state index in [1.54, 1.807) is 6.08 Å². The number of aromatic nitrogens is 1. The maximum atomic E-state index is 12.7. The van der Waals surface area contributed by atoms with E-state index in [1.807, 2.05) is 36.5 Å². The molecule has 176 valence electrons. The SMILES string of the molecule is CC(C)(C)c1ccc(OCCn2cc(C=C(C#N)C(=O)NC3CCCC3)c3ccccc32)cc1. The van der Waals surface area contributed by atoms with Crippen molar-refractivity contribution in [2.24, 2.45) is 0 Å². The third kappa shape index (κ3) is 5.51. The monoisotopic (exact) mass is 455 g/mol. The molecule has 0 spiro atoms. The second kappa shape index (κ2) is 10.2. The molecule has 4 rings (SSSR count). The van der Waals surface area contributed by atoms with Crippen LogP contribution in [0.25, 0.3) is 17.0 Å². The van der Waals surface area contributed by atoms with Crippen LogP contribution in [0, 0.1) is 11.3 Å². The van der Waals surface area contributed by atoms with Crippen molar-refractivity contribution in [2.45, 2.75) is 64.5 Å². The van der Waals surface area contributed by atoms with E-state index in [4.69, 9.17) is 4.74 Å². The fourth-order valence-electron chi connectivity index (χ4n) is 4.53. The molecule has 0 radical (unpaired) electrons. The normalized spacial score (nSPS) is 14.8. The lowest BCUT2D eigenvalue weighted by molar-refractivity contribution is -0.117. The van der Waals surface area contributed by atoms with Crippen LogP contribution in [0.2, 0.25) is 0 Å². The number of carbonyl (C=O) groups excluding carboxylic acids is 1. The largest absolute Gasteiger partial charge is 0.492 e. The molecular formula is C29H33N3O2. The number of nitrogens with zero attached hydrogens (tertiary/aromatic N) is 2. The van der Waals surface area contributed by atoms with Crippen LogP contribution in [0.1, 0.15) is 57.6 Å². The first-order chi connectivity index (χ1) is 16.3. The van der Waals surface area contributed by atoms with E-state index in [2.05, 4.69) is 54.9 Å². The maximum Gasteiger partial charge on any atom is 0.262 e. The van der Waals surface area contributed by atoms with Gasteiger partial charge in [0.25, 0.3) is 5.91 Å². The van der Waals surface area contributed by atoms with Crippen LogP contribution in [-0.4, -0.2) is 23.1 Å². The number of carbonyl (C=O) groups is 1. The van der Waals surface area contributed by atoms with Gasteiger partial charge in [-0.2, -0.15) is 5.26 Å². The Kier molecular flexibility index (Phi) is 7.07. The zero-order valence-corrected chi connectivity index (χ0v) is 20.3. The smallest absolute Gasteiger partial charge is 0.262 e. The highest BCUT2D eigenvalue weighted by Crippen LogP contribution is 2.26. The summed E-state index contributed by atoms with van der Waals surface area (Å²) in [6.45, 7) is 7.77. The van der Waals surface area contributed by atoms with Crippen LogP contribution in [0.3, 0.4) is 0 Å². The number of rotatable bonds is 7. The van der Waals surface area contributed by atoms with E-state index < -0.39 is 0 Å². The fourth-order valence-corrected chi connectivity index (χ4v) is 4.53. The van der Waals surface area contributed by atoms with Gasteiger partial charge >= 0.3 is 0 Å². The molecule has 0 saturated heterocycles. The van der Waals surface area contributed by atoms with Crippen LogP contribution in [0.4, 0.5) is 0 Å². The van der Waals surface area contributed by atoms with E-state index in [0.717, 1.165) is 47.9 Å². The summed E-state index contributed by atoms with van der Waals surface area (Å²) in [5, 5.41) is 13.7. The highest BCUT2D eigenvalue weighted by atomic mass is 16.5. The number of para-hydroxylation sites is 1. The molecular weight excluding hydrogens is 422 g/mol. The Labute approximate surface area is 202 Å². The van der Waals surface area contributed by atoms with Crippen molar-refractivity contribution in [3.63, 3.8) is 0 Å². The quantitative estimate of drug-likeness (QED) is 0.352. The molecule has 0 unspecified atom stereocenters. The predicted octanol–water partition coefficient (Wildman–Crippen LogP) is 5.98. The van der Waals surface area contributed by atoms with Crippen LogP contribution in [0.5, 0.6) is 5.75 Å². The van der Waals surface area contributed by atoms with Gasteiger partial charge in [0, 0.05) is 28.7 Å². The van der Waals surface area contributed by atoms with Gasteiger partial charge in [0.2, 0.25) is 0 Å². The van der Waals surface area contributed by atoms with Crippen LogP contribution < -0.4 is 10.1 Å². The second-order valence-corrected chi connectivity index (χ2v) is 10.0. The van der Waals surface area contributed by atoms with Gasteiger partial charge in [-0.3, -0.25) is 4.79 Å². The standard InChI is InChI=1S/C29H33N3O2/c1-29(2,3)23-12-14-25(15-13-23)34-17-16-32-20-22(26-10-6-7-11-27(26)32)18-21(19-30)28(33)31-24-8-4-5-9-24/h6-7,10-15,18,20,24H,4-5,8-9,16-17H2,1-3H3,(H,31,33). The molecule has 1 heterocycles. The number of amides is 1. The zero-order valence-electron chi connectivity index (χ0n) is 20.3. The number of fused-ring (bicyclic) bond motifs is 1. The summed E-state index contributed by atoms with van der Waals surface area (Å²) in [5.74, 6) is 0.563. The zero-order chi connectivity index (χ0) is 24.1. The lowest BCUT2D eigenvalue weighted by Crippen LogP contribution is -2.33. The minimum atomic E-state index is -0.284. The molecule has 0 aliphatic heterocycles. The molecule has 1 saturated carbocycles. The highest BCUT2D eigenvalue weighted by molar-refractivity contribution is 6.04. The first-order valence-corrected chi connectivity index (χ1v) is 12.1. The van der Waals surface area contributed by atoms with Gasteiger partial charge in [-0.15, -0.1) is 0 Å². The number of hydrogen-bond acceptors (Lipinski definition) is 3. The van der Waals surface area contributed by atoms with Gasteiger partial charge in [0.15, 0.2) is 0 Å². The highest BCUT2D eigenvalue weighted by Gasteiger charge is 2.20. The number of hydrogen-bond donors (Lipinski definition) is 1. The fraction of sp³-hybridized carbons (Fsp3) is 0.379. The summed E-state index contributed by atoms with van der Waals surface area (Å²) >= 11 is 0. The Morgan fingerprint density at radius 2 is 1.85 bits per heavy atom. The van der Waals surface area contributed by atoms with Crippen molar-refractivity contribution in [2.75, 3.05) is 6.61 Å². The van der Waals surface area contributed by atoms with E-state index in [9.17, 15) is 10.1 Å². The molecule has 1 aliphatic rings. The summed E-state index contributed by atoms with van der Waals surface area (Å²) in [7, 11) is 0. The summed E-state index contributed by atoms with van der Waals surface area (Å²) in [6, 6.07) is 18.6. The molecule has 0 bridgehead atoms. The summed E-state index contributed by atoms with van der Waals surface area (Å²) in [5.41, 5.74) is 3.45. The van der Waals surface area contributed by atoms with Crippen molar-refractivity contribution in [1.82, 2.24) is 9.88 Å². The molecule has 1 fully saturated rings. The molecule has 2 aromatic carbocycles.